The molecule has 2 heterocycles. The predicted octanol–water partition coefficient (Wildman–Crippen LogP) is 4.48. The summed E-state index contributed by atoms with van der Waals surface area (Å²) < 4.78 is 5.18. The van der Waals surface area contributed by atoms with Crippen molar-refractivity contribution in [3.05, 3.63) is 57.3 Å². The number of benzene rings is 1. The van der Waals surface area contributed by atoms with Crippen molar-refractivity contribution in [2.75, 3.05) is 0 Å². The minimum absolute atomic E-state index is 0.219. The topological polar surface area (TPSA) is 54.6 Å². The zero-order chi connectivity index (χ0) is 14.8. The molecule has 7 heteroatoms. The molecule has 21 heavy (non-hydrogen) atoms. The van der Waals surface area contributed by atoms with Gasteiger partial charge in [0.1, 0.15) is 5.76 Å². The number of carbonyl (C=O) groups is 1. The zero-order valence-corrected chi connectivity index (χ0v) is 12.8. The van der Waals surface area contributed by atoms with Crippen LogP contribution >= 0.6 is 35.0 Å². The fraction of sp³-hybridized carbons (Fsp3) is 0. The fourth-order valence-corrected chi connectivity index (χ4v) is 3.04. The van der Waals surface area contributed by atoms with E-state index in [4.69, 9.17) is 27.6 Å². The van der Waals surface area contributed by atoms with Gasteiger partial charge < -0.3 is 9.73 Å². The zero-order valence-electron chi connectivity index (χ0n) is 10.5. The van der Waals surface area contributed by atoms with Crippen LogP contribution in [-0.2, 0) is 4.79 Å². The Hall–Kier alpha value is -1.69. The van der Waals surface area contributed by atoms with Crippen molar-refractivity contribution < 1.29 is 9.21 Å². The standard InChI is InChI=1S/C14H8Cl2N2O2S/c15-8-4-9(16)6-10(5-8)17-14-18-13(19)12(21-14)7-11-2-1-3-20-11/h1-7H,(H,17,18,19)/b12-7-. The van der Waals surface area contributed by atoms with Gasteiger partial charge in [0.25, 0.3) is 5.91 Å². The van der Waals surface area contributed by atoms with Gasteiger partial charge >= 0.3 is 0 Å². The summed E-state index contributed by atoms with van der Waals surface area (Å²) in [5.41, 5.74) is 0.578. The van der Waals surface area contributed by atoms with E-state index in [9.17, 15) is 4.79 Å². The molecule has 1 saturated heterocycles. The molecule has 0 saturated carbocycles. The molecule has 1 aromatic carbocycles. The van der Waals surface area contributed by atoms with E-state index in [0.717, 1.165) is 0 Å². The monoisotopic (exact) mass is 338 g/mol. The molecule has 0 spiro atoms. The smallest absolute Gasteiger partial charge is 0.264 e. The Labute approximate surface area is 134 Å². The first-order valence-corrected chi connectivity index (χ1v) is 7.46. The van der Waals surface area contributed by atoms with Crippen LogP contribution in [0.3, 0.4) is 0 Å². The molecule has 1 aromatic heterocycles. The molecule has 1 fully saturated rings. The number of furan rings is 1. The number of thioether (sulfide) groups is 1. The van der Waals surface area contributed by atoms with Crippen LogP contribution in [0.5, 0.6) is 0 Å². The van der Waals surface area contributed by atoms with Crippen molar-refractivity contribution in [2.24, 2.45) is 4.99 Å². The summed E-state index contributed by atoms with van der Waals surface area (Å²) >= 11 is 13.1. The maximum Gasteiger partial charge on any atom is 0.264 e. The van der Waals surface area contributed by atoms with Crippen LogP contribution in [0.2, 0.25) is 10.0 Å². The molecule has 1 aliphatic heterocycles. The van der Waals surface area contributed by atoms with Gasteiger partial charge in [-0.25, -0.2) is 4.99 Å². The molecule has 1 amide bonds. The van der Waals surface area contributed by atoms with Gasteiger partial charge in [-0.2, -0.15) is 0 Å². The third-order valence-corrected chi connectivity index (χ3v) is 3.89. The molecule has 0 radical (unpaired) electrons. The van der Waals surface area contributed by atoms with Gasteiger partial charge in [-0.05, 0) is 42.1 Å². The average molecular weight is 339 g/mol. The van der Waals surface area contributed by atoms with Crippen molar-refractivity contribution in [3.63, 3.8) is 0 Å². The molecule has 0 bridgehead atoms. The molecule has 2 aromatic rings. The summed E-state index contributed by atoms with van der Waals surface area (Å²) in [5.74, 6) is 0.392. The lowest BCUT2D eigenvalue weighted by Gasteiger charge is -1.98. The first-order chi connectivity index (χ1) is 10.1. The summed E-state index contributed by atoms with van der Waals surface area (Å²) in [7, 11) is 0. The molecular formula is C14H8Cl2N2O2S. The van der Waals surface area contributed by atoms with Gasteiger partial charge in [-0.1, -0.05) is 23.2 Å². The lowest BCUT2D eigenvalue weighted by molar-refractivity contribution is -0.115. The molecule has 4 nitrogen and oxygen atoms in total. The van der Waals surface area contributed by atoms with E-state index in [0.29, 0.717) is 31.6 Å². The van der Waals surface area contributed by atoms with Crippen LogP contribution in [0.4, 0.5) is 5.69 Å². The third kappa shape index (κ3) is 3.50. The van der Waals surface area contributed by atoms with Gasteiger partial charge in [0.2, 0.25) is 0 Å². The van der Waals surface area contributed by atoms with E-state index in [1.807, 2.05) is 0 Å². The molecule has 106 valence electrons. The van der Waals surface area contributed by atoms with Crippen LogP contribution in [-0.4, -0.2) is 11.1 Å². The van der Waals surface area contributed by atoms with Gasteiger partial charge in [0, 0.05) is 16.1 Å². The minimum Gasteiger partial charge on any atom is -0.465 e. The largest absolute Gasteiger partial charge is 0.465 e. The van der Waals surface area contributed by atoms with Crippen LogP contribution in [0, 0.1) is 0 Å². The second kappa shape index (κ2) is 5.97. The molecule has 1 aliphatic rings. The van der Waals surface area contributed by atoms with Gasteiger partial charge in [-0.15, -0.1) is 0 Å². The first-order valence-electron chi connectivity index (χ1n) is 5.89. The number of amidine groups is 1. The maximum atomic E-state index is 11.9. The van der Waals surface area contributed by atoms with Crippen molar-refractivity contribution >= 4 is 57.8 Å². The Morgan fingerprint density at radius 1 is 1.24 bits per heavy atom. The Kier molecular flexibility index (Phi) is 4.05. The van der Waals surface area contributed by atoms with Crippen molar-refractivity contribution in [3.8, 4) is 0 Å². The SMILES string of the molecule is O=C1NC(=Nc2cc(Cl)cc(Cl)c2)S/C1=C\c1ccco1. The van der Waals surface area contributed by atoms with Crippen LogP contribution in [0.1, 0.15) is 5.76 Å². The normalized spacial score (nSPS) is 18.5. The summed E-state index contributed by atoms with van der Waals surface area (Å²) in [6.45, 7) is 0. The number of halogens is 2. The van der Waals surface area contributed by atoms with Gasteiger partial charge in [-0.3, -0.25) is 4.79 Å². The number of nitrogens with one attached hydrogen (secondary N) is 1. The van der Waals surface area contributed by atoms with E-state index in [2.05, 4.69) is 10.3 Å². The highest BCUT2D eigenvalue weighted by molar-refractivity contribution is 8.18. The fourth-order valence-electron chi connectivity index (χ4n) is 1.70. The number of hydrogen-bond acceptors (Lipinski definition) is 4. The minimum atomic E-state index is -0.219. The molecular weight excluding hydrogens is 331 g/mol. The highest BCUT2D eigenvalue weighted by atomic mass is 35.5. The second-order valence-electron chi connectivity index (χ2n) is 4.12. The highest BCUT2D eigenvalue weighted by Gasteiger charge is 2.24. The second-order valence-corrected chi connectivity index (χ2v) is 6.03. The molecule has 1 N–H and O–H groups in total. The van der Waals surface area contributed by atoms with Crippen LogP contribution in [0.15, 0.2) is 50.9 Å². The van der Waals surface area contributed by atoms with Crippen molar-refractivity contribution in [2.45, 2.75) is 0 Å². The number of rotatable bonds is 2. The quantitative estimate of drug-likeness (QED) is 0.821. The number of nitrogens with zero attached hydrogens (tertiary/aromatic N) is 1. The Balaban J connectivity index is 1.85. The first kappa shape index (κ1) is 14.3. The van der Waals surface area contributed by atoms with Gasteiger partial charge in [0.15, 0.2) is 5.17 Å². The van der Waals surface area contributed by atoms with E-state index >= 15 is 0 Å². The summed E-state index contributed by atoms with van der Waals surface area (Å²) in [6.07, 6.45) is 3.21. The third-order valence-electron chi connectivity index (χ3n) is 2.55. The van der Waals surface area contributed by atoms with E-state index in [1.54, 1.807) is 42.7 Å². The maximum absolute atomic E-state index is 11.9. The Morgan fingerprint density at radius 3 is 2.67 bits per heavy atom. The molecule has 0 aliphatic carbocycles. The predicted molar refractivity (Wildman–Crippen MR) is 86.0 cm³/mol. The molecule has 0 unspecified atom stereocenters. The number of aliphatic imine (C=N–C) groups is 1. The van der Waals surface area contributed by atoms with Crippen LogP contribution in [0.25, 0.3) is 6.08 Å². The van der Waals surface area contributed by atoms with Gasteiger partial charge in [0.05, 0.1) is 16.9 Å². The van der Waals surface area contributed by atoms with Crippen molar-refractivity contribution in [1.29, 1.82) is 0 Å². The van der Waals surface area contributed by atoms with Crippen molar-refractivity contribution in [1.82, 2.24) is 5.32 Å². The van der Waals surface area contributed by atoms with Crippen LogP contribution < -0.4 is 5.32 Å². The average Bonchev–Trinajstić information content (AvgIpc) is 3.00. The van der Waals surface area contributed by atoms with E-state index in [1.165, 1.54) is 11.8 Å². The number of hydrogen-bond donors (Lipinski definition) is 1. The lowest BCUT2D eigenvalue weighted by Crippen LogP contribution is -2.19. The lowest BCUT2D eigenvalue weighted by atomic mass is 10.3. The number of carbonyl (C=O) groups excluding carboxylic acids is 1. The highest BCUT2D eigenvalue weighted by Crippen LogP contribution is 2.30. The summed E-state index contributed by atoms with van der Waals surface area (Å²) in [5, 5.41) is 4.13. The van der Waals surface area contributed by atoms with E-state index < -0.39 is 0 Å². The summed E-state index contributed by atoms with van der Waals surface area (Å²) in [4.78, 5) is 16.7. The Morgan fingerprint density at radius 2 is 2.00 bits per heavy atom. The number of amides is 1. The molecule has 3 rings (SSSR count). The Bertz CT molecular complexity index is 734. The summed E-state index contributed by atoms with van der Waals surface area (Å²) in [6, 6.07) is 8.48. The van der Waals surface area contributed by atoms with E-state index in [-0.39, 0.29) is 5.91 Å². The molecule has 0 atom stereocenters.